The molecular weight excluding hydrogens is 1130 g/mol. The van der Waals surface area contributed by atoms with Crippen LogP contribution in [0.25, 0.3) is 181 Å². The summed E-state index contributed by atoms with van der Waals surface area (Å²) in [6.07, 6.45) is 0. The largest absolute Gasteiger partial charge is 0.309 e. The summed E-state index contributed by atoms with van der Waals surface area (Å²) in [5.74, 6) is 0. The van der Waals surface area contributed by atoms with Gasteiger partial charge < -0.3 is 4.57 Å². The molecule has 438 valence electrons. The van der Waals surface area contributed by atoms with E-state index in [9.17, 15) is 0 Å². The SMILES string of the molecule is CC1(C)c2cc(-c3cc4ccccc4c4ccccc34)ccc2-c2ccc(-n3c4ccc(-c5ccc(-c6ccc(-c7cc8ccccc8c8ccccc78)cc6)cc5)cc4c4cc(-c5ccc(-c6ccc(-c7cc8ccccc8c8ccccc78)cc6)cc5)ccc43)cc21. The van der Waals surface area contributed by atoms with Crippen molar-refractivity contribution in [3.8, 4) is 94.7 Å². The van der Waals surface area contributed by atoms with Gasteiger partial charge in [0.1, 0.15) is 0 Å². The molecule has 1 aromatic heterocycles. The number of rotatable bonds is 8. The van der Waals surface area contributed by atoms with Gasteiger partial charge in [0, 0.05) is 21.9 Å². The Balaban J connectivity index is 0.682. The number of benzene rings is 17. The van der Waals surface area contributed by atoms with Crippen LogP contribution in [0.2, 0.25) is 0 Å². The average Bonchev–Trinajstić information content (AvgIpc) is 1.51. The fourth-order valence-corrected chi connectivity index (χ4v) is 16.0. The van der Waals surface area contributed by atoms with Crippen molar-refractivity contribution in [3.63, 3.8) is 0 Å². The van der Waals surface area contributed by atoms with Crippen LogP contribution in [-0.2, 0) is 5.41 Å². The topological polar surface area (TPSA) is 4.93 Å². The number of fused-ring (bicyclic) bond motifs is 15. The lowest BCUT2D eigenvalue weighted by Crippen LogP contribution is -2.15. The first-order valence-corrected chi connectivity index (χ1v) is 32.9. The Bertz CT molecular complexity index is 5880. The molecule has 19 rings (SSSR count). The van der Waals surface area contributed by atoms with Crippen molar-refractivity contribution in [1.29, 1.82) is 0 Å². The molecule has 0 saturated carbocycles. The quantitative estimate of drug-likeness (QED) is 0.134. The van der Waals surface area contributed by atoms with Crippen LogP contribution in [0.1, 0.15) is 25.0 Å². The van der Waals surface area contributed by atoms with Gasteiger partial charge in [0.05, 0.1) is 11.0 Å². The van der Waals surface area contributed by atoms with Gasteiger partial charge in [-0.25, -0.2) is 0 Å². The molecule has 0 N–H and O–H groups in total. The smallest absolute Gasteiger partial charge is 0.0541 e. The van der Waals surface area contributed by atoms with Crippen LogP contribution >= 0.6 is 0 Å². The van der Waals surface area contributed by atoms with E-state index in [2.05, 4.69) is 352 Å². The Labute approximate surface area is 546 Å². The molecule has 1 nitrogen and oxygen atoms in total. The summed E-state index contributed by atoms with van der Waals surface area (Å²) in [4.78, 5) is 0. The van der Waals surface area contributed by atoms with Gasteiger partial charge in [-0.1, -0.05) is 287 Å². The van der Waals surface area contributed by atoms with Crippen LogP contribution in [-0.4, -0.2) is 4.57 Å². The van der Waals surface area contributed by atoms with E-state index < -0.39 is 0 Å². The molecule has 0 saturated heterocycles. The van der Waals surface area contributed by atoms with Gasteiger partial charge in [0.25, 0.3) is 0 Å². The first-order chi connectivity index (χ1) is 46.3. The summed E-state index contributed by atoms with van der Waals surface area (Å²) in [7, 11) is 0. The molecule has 1 heteroatoms. The normalized spacial score (nSPS) is 12.7. The van der Waals surface area contributed by atoms with Crippen molar-refractivity contribution in [2.45, 2.75) is 19.3 Å². The highest BCUT2D eigenvalue weighted by Gasteiger charge is 2.36. The van der Waals surface area contributed by atoms with Crippen LogP contribution in [0.3, 0.4) is 0 Å². The standard InChI is InChI=1S/C93H61N/c1-93(2)89-56-71(86-55-70-17-5-8-20-75(70)78-23-11-14-26-81(78)86)43-47-82(89)83-48-46-72(57-90(83)93)94-91-49-44-66(62-31-27-58(28-32-62)60-35-39-64(40-36-60)84-53-68-15-3-6-18-73(68)76-21-9-12-24-79(76)84)51-87(91)88-52-67(45-50-92(88)94)63-33-29-59(30-34-63)61-37-41-65(42-38-61)85-54-69-16-4-7-19-74(69)77-22-10-13-25-80(77)85/h3-57H,1-2H3. The number of hydrogen-bond donors (Lipinski definition) is 0. The molecular formula is C93H61N. The first-order valence-electron chi connectivity index (χ1n) is 32.9. The molecule has 0 aliphatic heterocycles. The molecule has 0 fully saturated rings. The van der Waals surface area contributed by atoms with Crippen molar-refractivity contribution < 1.29 is 0 Å². The van der Waals surface area contributed by atoms with E-state index in [1.54, 1.807) is 0 Å². The van der Waals surface area contributed by atoms with E-state index in [1.807, 2.05) is 0 Å². The van der Waals surface area contributed by atoms with Crippen LogP contribution in [0.5, 0.6) is 0 Å². The zero-order valence-corrected chi connectivity index (χ0v) is 52.2. The Kier molecular flexibility index (Phi) is 12.1. The highest BCUT2D eigenvalue weighted by molar-refractivity contribution is 6.17. The van der Waals surface area contributed by atoms with Crippen LogP contribution < -0.4 is 0 Å². The van der Waals surface area contributed by atoms with Crippen molar-refractivity contribution in [2.24, 2.45) is 0 Å². The zero-order valence-electron chi connectivity index (χ0n) is 52.2. The number of hydrogen-bond acceptors (Lipinski definition) is 0. The van der Waals surface area contributed by atoms with Gasteiger partial charge in [-0.2, -0.15) is 0 Å². The zero-order chi connectivity index (χ0) is 62.2. The van der Waals surface area contributed by atoms with Crippen LogP contribution in [0.4, 0.5) is 0 Å². The third-order valence-electron chi connectivity index (χ3n) is 20.8. The van der Waals surface area contributed by atoms with Crippen molar-refractivity contribution in [1.82, 2.24) is 4.57 Å². The Morgan fingerprint density at radius 3 is 0.872 bits per heavy atom. The summed E-state index contributed by atoms with van der Waals surface area (Å²) in [5, 5.41) is 17.8. The maximum atomic E-state index is 2.51. The van der Waals surface area contributed by atoms with E-state index >= 15 is 0 Å². The predicted octanol–water partition coefficient (Wildman–Crippen LogP) is 25.7. The molecule has 1 aliphatic carbocycles. The third kappa shape index (κ3) is 8.55. The molecule has 18 aromatic rings. The molecule has 94 heavy (non-hydrogen) atoms. The molecule has 17 aromatic carbocycles. The maximum absolute atomic E-state index is 2.51. The molecule has 0 bridgehead atoms. The minimum Gasteiger partial charge on any atom is -0.309 e. The summed E-state index contributed by atoms with van der Waals surface area (Å²) in [6.45, 7) is 4.83. The van der Waals surface area contributed by atoms with Gasteiger partial charge in [-0.05, 0) is 225 Å². The van der Waals surface area contributed by atoms with E-state index in [0.29, 0.717) is 0 Å². The van der Waals surface area contributed by atoms with Gasteiger partial charge in [-0.3, -0.25) is 0 Å². The van der Waals surface area contributed by atoms with Crippen LogP contribution in [0, 0.1) is 0 Å². The summed E-state index contributed by atoms with van der Waals surface area (Å²) in [5.41, 5.74) is 25.6. The summed E-state index contributed by atoms with van der Waals surface area (Å²) < 4.78 is 2.51. The lowest BCUT2D eigenvalue weighted by atomic mass is 9.81. The Hall–Kier alpha value is -11.9. The molecule has 0 radical (unpaired) electrons. The minimum atomic E-state index is -0.247. The average molecular weight is 1190 g/mol. The van der Waals surface area contributed by atoms with E-state index in [4.69, 9.17) is 0 Å². The Morgan fingerprint density at radius 1 is 0.191 bits per heavy atom. The lowest BCUT2D eigenvalue weighted by molar-refractivity contribution is 0.660. The molecule has 0 amide bonds. The van der Waals surface area contributed by atoms with E-state index in [1.165, 1.54) is 187 Å². The van der Waals surface area contributed by atoms with Gasteiger partial charge in [-0.15, -0.1) is 0 Å². The predicted molar refractivity (Wildman–Crippen MR) is 401 cm³/mol. The van der Waals surface area contributed by atoms with E-state index in [-0.39, 0.29) is 5.41 Å². The highest BCUT2D eigenvalue weighted by atomic mass is 15.0. The van der Waals surface area contributed by atoms with Crippen molar-refractivity contribution >= 4 is 86.4 Å². The van der Waals surface area contributed by atoms with Gasteiger partial charge in [0.2, 0.25) is 0 Å². The Morgan fingerprint density at radius 2 is 0.479 bits per heavy atom. The second-order valence-electron chi connectivity index (χ2n) is 26.3. The summed E-state index contributed by atoms with van der Waals surface area (Å²) >= 11 is 0. The molecule has 1 aliphatic rings. The fraction of sp³-hybridized carbons (Fsp3) is 0.0323. The van der Waals surface area contributed by atoms with Crippen molar-refractivity contribution in [3.05, 3.63) is 345 Å². The fourth-order valence-electron chi connectivity index (χ4n) is 16.0. The van der Waals surface area contributed by atoms with Crippen LogP contribution in [0.15, 0.2) is 334 Å². The monoisotopic (exact) mass is 1190 g/mol. The molecule has 0 spiro atoms. The van der Waals surface area contributed by atoms with E-state index in [0.717, 1.165) is 5.69 Å². The maximum Gasteiger partial charge on any atom is 0.0541 e. The van der Waals surface area contributed by atoms with Crippen molar-refractivity contribution in [2.75, 3.05) is 0 Å². The molecule has 0 unspecified atom stereocenters. The second-order valence-corrected chi connectivity index (χ2v) is 26.3. The number of nitrogens with zero attached hydrogens (tertiary/aromatic N) is 1. The molecule has 0 atom stereocenters. The summed E-state index contributed by atoms with van der Waals surface area (Å²) in [6, 6.07) is 125. The number of aromatic nitrogens is 1. The lowest BCUT2D eigenvalue weighted by Gasteiger charge is -2.23. The first kappa shape index (κ1) is 53.9. The third-order valence-corrected chi connectivity index (χ3v) is 20.8. The highest BCUT2D eigenvalue weighted by Crippen LogP contribution is 2.52. The molecule has 1 heterocycles. The van der Waals surface area contributed by atoms with Gasteiger partial charge >= 0.3 is 0 Å². The second kappa shape index (κ2) is 21.1. The van der Waals surface area contributed by atoms with Gasteiger partial charge in [0.15, 0.2) is 0 Å². The minimum absolute atomic E-state index is 0.247.